The summed E-state index contributed by atoms with van der Waals surface area (Å²) < 4.78 is 29.3. The summed E-state index contributed by atoms with van der Waals surface area (Å²) in [7, 11) is 1.79. The van der Waals surface area contributed by atoms with Crippen LogP contribution in [0.4, 0.5) is 8.78 Å². The average Bonchev–Trinajstić information content (AvgIpc) is 2.91. The number of carbonyl (C=O) groups excluding carboxylic acids is 1. The highest BCUT2D eigenvalue weighted by molar-refractivity contribution is 5.95. The number of aromatic nitrogens is 2. The van der Waals surface area contributed by atoms with E-state index in [4.69, 9.17) is 0 Å². The number of likely N-dealkylation sites (tertiary alicyclic amines) is 1. The van der Waals surface area contributed by atoms with Crippen LogP contribution in [0.3, 0.4) is 0 Å². The molecule has 1 fully saturated rings. The average molecular weight is 348 g/mol. The molecular weight excluding hydrogens is 326 g/mol. The normalized spacial score (nSPS) is 18.3. The molecule has 1 saturated heterocycles. The summed E-state index contributed by atoms with van der Waals surface area (Å²) in [4.78, 5) is 14.4. The minimum Gasteiger partial charge on any atom is -0.348 e. The monoisotopic (exact) mass is 348 g/mol. The van der Waals surface area contributed by atoms with Crippen LogP contribution in [-0.2, 0) is 13.6 Å². The molecule has 5 nitrogen and oxygen atoms in total. The van der Waals surface area contributed by atoms with Crippen molar-refractivity contribution in [3.8, 4) is 0 Å². The first-order chi connectivity index (χ1) is 12.0. The third-order valence-electron chi connectivity index (χ3n) is 4.76. The molecule has 0 saturated carbocycles. The van der Waals surface area contributed by atoms with E-state index in [1.165, 1.54) is 18.2 Å². The third kappa shape index (κ3) is 3.87. The van der Waals surface area contributed by atoms with E-state index < -0.39 is 11.6 Å². The number of hydrogen-bond acceptors (Lipinski definition) is 3. The Morgan fingerprint density at radius 1 is 1.36 bits per heavy atom. The molecule has 1 unspecified atom stereocenters. The lowest BCUT2D eigenvalue weighted by atomic mass is 10.0. The van der Waals surface area contributed by atoms with Gasteiger partial charge in [-0.1, -0.05) is 6.07 Å². The van der Waals surface area contributed by atoms with E-state index in [0.717, 1.165) is 25.1 Å². The highest BCUT2D eigenvalue weighted by atomic mass is 19.1. The molecule has 0 spiro atoms. The number of piperidine rings is 1. The summed E-state index contributed by atoms with van der Waals surface area (Å²) in [6.45, 7) is 3.37. The number of aryl methyl sites for hydroxylation is 1. The fourth-order valence-electron chi connectivity index (χ4n) is 3.21. The second-order valence-corrected chi connectivity index (χ2v) is 6.52. The summed E-state index contributed by atoms with van der Waals surface area (Å²) in [5, 5.41) is 7.10. The molecular formula is C18H22F2N4O. The van der Waals surface area contributed by atoms with Gasteiger partial charge in [-0.05, 0) is 38.4 Å². The van der Waals surface area contributed by atoms with Crippen LogP contribution in [0.1, 0.15) is 34.5 Å². The number of nitrogens with zero attached hydrogens (tertiary/aromatic N) is 3. The Hall–Kier alpha value is -2.28. The Bertz CT molecular complexity index is 754. The van der Waals surface area contributed by atoms with Gasteiger partial charge < -0.3 is 5.32 Å². The lowest BCUT2D eigenvalue weighted by Gasteiger charge is -2.33. The van der Waals surface area contributed by atoms with Gasteiger partial charge >= 0.3 is 0 Å². The maximum Gasteiger partial charge on any atom is 0.255 e. The fourth-order valence-corrected chi connectivity index (χ4v) is 3.21. The number of amides is 1. The second kappa shape index (κ2) is 7.31. The van der Waals surface area contributed by atoms with Crippen LogP contribution in [-0.4, -0.2) is 39.7 Å². The van der Waals surface area contributed by atoms with Crippen LogP contribution >= 0.6 is 0 Å². The number of rotatable bonds is 4. The fraction of sp³-hybridized carbons (Fsp3) is 0.444. The van der Waals surface area contributed by atoms with Crippen molar-refractivity contribution in [1.29, 1.82) is 0 Å². The van der Waals surface area contributed by atoms with Gasteiger partial charge in [-0.3, -0.25) is 14.4 Å². The molecule has 134 valence electrons. The second-order valence-electron chi connectivity index (χ2n) is 6.52. The van der Waals surface area contributed by atoms with Gasteiger partial charge in [0.05, 0.1) is 11.8 Å². The SMILES string of the molecule is Cc1c(C(=O)NC2CCCN(Cc3c(F)cccc3F)C2)cnn1C. The van der Waals surface area contributed by atoms with Gasteiger partial charge in [-0.15, -0.1) is 0 Å². The molecule has 0 radical (unpaired) electrons. The summed E-state index contributed by atoms with van der Waals surface area (Å²) in [6, 6.07) is 3.86. The molecule has 1 amide bonds. The quantitative estimate of drug-likeness (QED) is 0.923. The van der Waals surface area contributed by atoms with Gasteiger partial charge in [0.15, 0.2) is 0 Å². The maximum atomic E-state index is 13.8. The van der Waals surface area contributed by atoms with E-state index >= 15 is 0 Å². The molecule has 2 heterocycles. The molecule has 7 heteroatoms. The molecule has 2 aromatic rings. The van der Waals surface area contributed by atoms with Crippen molar-refractivity contribution in [2.75, 3.05) is 13.1 Å². The summed E-state index contributed by atoms with van der Waals surface area (Å²) in [5.74, 6) is -1.22. The van der Waals surface area contributed by atoms with Crippen LogP contribution in [0.2, 0.25) is 0 Å². The first-order valence-corrected chi connectivity index (χ1v) is 8.40. The summed E-state index contributed by atoms with van der Waals surface area (Å²) in [6.07, 6.45) is 3.27. The number of halogens is 2. The van der Waals surface area contributed by atoms with Crippen molar-refractivity contribution in [1.82, 2.24) is 20.0 Å². The van der Waals surface area contributed by atoms with Gasteiger partial charge in [0.2, 0.25) is 0 Å². The minimum atomic E-state index is -0.530. The van der Waals surface area contributed by atoms with Gasteiger partial charge in [-0.25, -0.2) is 8.78 Å². The zero-order valence-electron chi connectivity index (χ0n) is 14.4. The van der Waals surface area contributed by atoms with E-state index in [-0.39, 0.29) is 24.1 Å². The molecule has 25 heavy (non-hydrogen) atoms. The molecule has 0 bridgehead atoms. The Kier molecular flexibility index (Phi) is 5.13. The molecule has 0 aliphatic carbocycles. The van der Waals surface area contributed by atoms with E-state index in [2.05, 4.69) is 10.4 Å². The maximum absolute atomic E-state index is 13.8. The van der Waals surface area contributed by atoms with Crippen LogP contribution in [0.15, 0.2) is 24.4 Å². The Morgan fingerprint density at radius 2 is 2.08 bits per heavy atom. The first kappa shape index (κ1) is 17.5. The number of carbonyl (C=O) groups is 1. The van der Waals surface area contributed by atoms with Crippen molar-refractivity contribution >= 4 is 5.91 Å². The number of nitrogens with one attached hydrogen (secondary N) is 1. The number of hydrogen-bond donors (Lipinski definition) is 1. The molecule has 3 rings (SSSR count). The summed E-state index contributed by atoms with van der Waals surface area (Å²) in [5.41, 5.74) is 1.44. The molecule has 1 aromatic heterocycles. The predicted octanol–water partition coefficient (Wildman–Crippen LogP) is 2.40. The Balaban J connectivity index is 1.63. The van der Waals surface area contributed by atoms with Gasteiger partial charge in [-0.2, -0.15) is 5.10 Å². The van der Waals surface area contributed by atoms with Crippen molar-refractivity contribution in [3.05, 3.63) is 52.9 Å². The van der Waals surface area contributed by atoms with Gasteiger partial charge in [0.1, 0.15) is 11.6 Å². The van der Waals surface area contributed by atoms with E-state index in [1.807, 2.05) is 11.8 Å². The van der Waals surface area contributed by atoms with Crippen LogP contribution < -0.4 is 5.32 Å². The molecule has 1 N–H and O–H groups in total. The van der Waals surface area contributed by atoms with Crippen molar-refractivity contribution in [3.63, 3.8) is 0 Å². The molecule has 1 atom stereocenters. The number of benzene rings is 1. The van der Waals surface area contributed by atoms with Crippen LogP contribution in [0, 0.1) is 18.6 Å². The molecule has 1 aliphatic heterocycles. The zero-order valence-corrected chi connectivity index (χ0v) is 14.4. The predicted molar refractivity (Wildman–Crippen MR) is 90.1 cm³/mol. The van der Waals surface area contributed by atoms with Crippen molar-refractivity contribution < 1.29 is 13.6 Å². The van der Waals surface area contributed by atoms with Crippen molar-refractivity contribution in [2.24, 2.45) is 7.05 Å². The Labute approximate surface area is 145 Å². The largest absolute Gasteiger partial charge is 0.348 e. The lowest BCUT2D eigenvalue weighted by Crippen LogP contribution is -2.47. The van der Waals surface area contributed by atoms with Gasteiger partial charge in [0.25, 0.3) is 5.91 Å². The Morgan fingerprint density at radius 3 is 2.72 bits per heavy atom. The molecule has 1 aliphatic rings. The third-order valence-corrected chi connectivity index (χ3v) is 4.76. The van der Waals surface area contributed by atoms with E-state index in [0.29, 0.717) is 12.1 Å². The zero-order chi connectivity index (χ0) is 18.0. The molecule has 1 aromatic carbocycles. The van der Waals surface area contributed by atoms with Crippen LogP contribution in [0.25, 0.3) is 0 Å². The smallest absolute Gasteiger partial charge is 0.255 e. The summed E-state index contributed by atoms with van der Waals surface area (Å²) >= 11 is 0. The van der Waals surface area contributed by atoms with Crippen LogP contribution in [0.5, 0.6) is 0 Å². The van der Waals surface area contributed by atoms with Gasteiger partial charge in [0, 0.05) is 37.4 Å². The lowest BCUT2D eigenvalue weighted by molar-refractivity contribution is 0.0898. The topological polar surface area (TPSA) is 50.2 Å². The highest BCUT2D eigenvalue weighted by Crippen LogP contribution is 2.18. The van der Waals surface area contributed by atoms with Crippen molar-refractivity contribution in [2.45, 2.75) is 32.4 Å². The minimum absolute atomic E-state index is 0.0457. The van der Waals surface area contributed by atoms with E-state index in [9.17, 15) is 13.6 Å². The standard InChI is InChI=1S/C18H22F2N4O/c1-12-14(9-21-23(12)2)18(25)22-13-5-4-8-24(10-13)11-15-16(19)6-3-7-17(15)20/h3,6-7,9,13H,4-5,8,10-11H2,1-2H3,(H,22,25). The highest BCUT2D eigenvalue weighted by Gasteiger charge is 2.24. The first-order valence-electron chi connectivity index (χ1n) is 8.40. The van der Waals surface area contributed by atoms with E-state index in [1.54, 1.807) is 17.9 Å².